The van der Waals surface area contributed by atoms with Crippen molar-refractivity contribution in [3.8, 4) is 16.9 Å². The molecule has 1 heterocycles. The first-order valence-corrected chi connectivity index (χ1v) is 9.87. The smallest absolute Gasteiger partial charge is 0.407 e. The van der Waals surface area contributed by atoms with Crippen molar-refractivity contribution in [3.63, 3.8) is 0 Å². The molecule has 0 radical (unpaired) electrons. The van der Waals surface area contributed by atoms with Crippen LogP contribution in [0.5, 0.6) is 5.75 Å². The van der Waals surface area contributed by atoms with Gasteiger partial charge in [0.15, 0.2) is 0 Å². The molecule has 0 saturated carbocycles. The molecule has 0 spiro atoms. The van der Waals surface area contributed by atoms with Crippen molar-refractivity contribution in [2.45, 2.75) is 12.5 Å². The second-order valence-corrected chi connectivity index (χ2v) is 7.67. The fourth-order valence-electron chi connectivity index (χ4n) is 3.07. The lowest BCUT2D eigenvalue weighted by atomic mass is 10.0. The molecular weight excluding hydrogens is 370 g/mol. The Kier molecular flexibility index (Phi) is 5.52. The molecule has 0 aromatic heterocycles. The predicted octanol–water partition coefficient (Wildman–Crippen LogP) is 2.36. The number of hydrogen-bond acceptors (Lipinski definition) is 4. The van der Waals surface area contributed by atoms with E-state index in [4.69, 9.17) is 9.84 Å². The van der Waals surface area contributed by atoms with Crippen LogP contribution in [-0.2, 0) is 10.2 Å². The van der Waals surface area contributed by atoms with Gasteiger partial charge in [0.25, 0.3) is 10.2 Å². The first-order valence-electron chi connectivity index (χ1n) is 8.39. The lowest BCUT2D eigenvalue weighted by Crippen LogP contribution is -2.40. The average molecular weight is 391 g/mol. The van der Waals surface area contributed by atoms with E-state index in [0.717, 1.165) is 11.1 Å². The third-order valence-corrected chi connectivity index (χ3v) is 5.46. The molecule has 1 aliphatic heterocycles. The second-order valence-electron chi connectivity index (χ2n) is 6.22. The standard InChI is InChI=1S/C18H21N3O5S/c1-26-17-8-3-2-7-16(17)13-5-4-6-14(11-13)19-27(24,25)20-15-9-10-21(12-15)18(22)23/h2-8,11,15,19-20H,9-10,12H2,1H3,(H,22,23)/t15-/m1/s1. The molecule has 3 N–H and O–H groups in total. The summed E-state index contributed by atoms with van der Waals surface area (Å²) >= 11 is 0. The topological polar surface area (TPSA) is 108 Å². The highest BCUT2D eigenvalue weighted by molar-refractivity contribution is 7.90. The summed E-state index contributed by atoms with van der Waals surface area (Å²) in [5.74, 6) is 0.690. The predicted molar refractivity (Wildman–Crippen MR) is 102 cm³/mol. The van der Waals surface area contributed by atoms with Gasteiger partial charge >= 0.3 is 6.09 Å². The molecule has 0 unspecified atom stereocenters. The van der Waals surface area contributed by atoms with E-state index in [0.29, 0.717) is 24.4 Å². The summed E-state index contributed by atoms with van der Waals surface area (Å²) in [7, 11) is -2.25. The van der Waals surface area contributed by atoms with Gasteiger partial charge in [0.1, 0.15) is 5.75 Å². The maximum atomic E-state index is 12.4. The number of nitrogens with one attached hydrogen (secondary N) is 2. The Balaban J connectivity index is 1.73. The number of methoxy groups -OCH3 is 1. The van der Waals surface area contributed by atoms with Gasteiger partial charge in [-0.15, -0.1) is 0 Å². The van der Waals surface area contributed by atoms with E-state index in [1.807, 2.05) is 30.3 Å². The Morgan fingerprint density at radius 3 is 2.70 bits per heavy atom. The van der Waals surface area contributed by atoms with Crippen molar-refractivity contribution in [1.82, 2.24) is 9.62 Å². The van der Waals surface area contributed by atoms with Gasteiger partial charge < -0.3 is 14.7 Å². The summed E-state index contributed by atoms with van der Waals surface area (Å²) in [5, 5.41) is 8.97. The fraction of sp³-hybridized carbons (Fsp3) is 0.278. The number of rotatable bonds is 6. The number of amides is 1. The van der Waals surface area contributed by atoms with Crippen molar-refractivity contribution < 1.29 is 23.1 Å². The van der Waals surface area contributed by atoms with Gasteiger partial charge in [-0.25, -0.2) is 4.79 Å². The Morgan fingerprint density at radius 2 is 2.00 bits per heavy atom. The molecule has 2 aromatic carbocycles. The molecule has 1 atom stereocenters. The molecular formula is C18H21N3O5S. The minimum absolute atomic E-state index is 0.136. The molecule has 0 bridgehead atoms. The van der Waals surface area contributed by atoms with Crippen molar-refractivity contribution in [3.05, 3.63) is 48.5 Å². The largest absolute Gasteiger partial charge is 0.496 e. The minimum Gasteiger partial charge on any atom is -0.496 e. The summed E-state index contributed by atoms with van der Waals surface area (Å²) in [5.41, 5.74) is 2.06. The van der Waals surface area contributed by atoms with Gasteiger partial charge in [-0.1, -0.05) is 30.3 Å². The maximum absolute atomic E-state index is 12.4. The third kappa shape index (κ3) is 4.69. The number of carboxylic acid groups (broad SMARTS) is 1. The fourth-order valence-corrected chi connectivity index (χ4v) is 4.19. The van der Waals surface area contributed by atoms with Gasteiger partial charge in [-0.2, -0.15) is 13.1 Å². The van der Waals surface area contributed by atoms with Gasteiger partial charge in [0.05, 0.1) is 12.8 Å². The van der Waals surface area contributed by atoms with E-state index < -0.39 is 22.3 Å². The van der Waals surface area contributed by atoms with E-state index in [-0.39, 0.29) is 6.54 Å². The van der Waals surface area contributed by atoms with Crippen molar-refractivity contribution in [1.29, 1.82) is 0 Å². The van der Waals surface area contributed by atoms with Crippen LogP contribution in [0.2, 0.25) is 0 Å². The lowest BCUT2D eigenvalue weighted by molar-refractivity contribution is 0.155. The van der Waals surface area contributed by atoms with Crippen molar-refractivity contribution in [2.24, 2.45) is 0 Å². The second kappa shape index (κ2) is 7.85. The van der Waals surface area contributed by atoms with E-state index >= 15 is 0 Å². The highest BCUT2D eigenvalue weighted by Crippen LogP contribution is 2.31. The number of para-hydroxylation sites is 1. The Morgan fingerprint density at radius 1 is 1.22 bits per heavy atom. The molecule has 27 heavy (non-hydrogen) atoms. The molecule has 144 valence electrons. The molecule has 1 saturated heterocycles. The van der Waals surface area contributed by atoms with Gasteiger partial charge in [-0.3, -0.25) is 4.72 Å². The number of nitrogens with zero attached hydrogens (tertiary/aromatic N) is 1. The maximum Gasteiger partial charge on any atom is 0.407 e. The van der Waals surface area contributed by atoms with Crippen LogP contribution < -0.4 is 14.2 Å². The lowest BCUT2D eigenvalue weighted by Gasteiger charge is -2.16. The van der Waals surface area contributed by atoms with Crippen LogP contribution in [-0.4, -0.2) is 50.8 Å². The van der Waals surface area contributed by atoms with Gasteiger partial charge in [0, 0.05) is 24.7 Å². The average Bonchev–Trinajstić information content (AvgIpc) is 3.09. The molecule has 9 heteroatoms. The molecule has 1 aliphatic rings. The Bertz CT molecular complexity index is 932. The summed E-state index contributed by atoms with van der Waals surface area (Å²) in [6.07, 6.45) is -0.608. The first kappa shape index (κ1) is 19.0. The number of benzene rings is 2. The van der Waals surface area contributed by atoms with Crippen LogP contribution in [0.3, 0.4) is 0 Å². The summed E-state index contributed by atoms with van der Waals surface area (Å²) in [4.78, 5) is 12.1. The number of anilines is 1. The van der Waals surface area contributed by atoms with Crippen molar-refractivity contribution in [2.75, 3.05) is 24.9 Å². The Hall–Kier alpha value is -2.78. The normalized spacial score (nSPS) is 16.9. The zero-order chi connectivity index (χ0) is 19.4. The van der Waals surface area contributed by atoms with Crippen LogP contribution in [0.15, 0.2) is 48.5 Å². The SMILES string of the molecule is COc1ccccc1-c1cccc(NS(=O)(=O)N[C@@H]2CCN(C(=O)O)C2)c1. The monoisotopic (exact) mass is 391 g/mol. The van der Waals surface area contributed by atoms with Gasteiger partial charge in [0.2, 0.25) is 0 Å². The summed E-state index contributed by atoms with van der Waals surface area (Å²) in [6.45, 7) is 0.448. The molecule has 0 aliphatic carbocycles. The van der Waals surface area contributed by atoms with Crippen LogP contribution in [0.25, 0.3) is 11.1 Å². The number of hydrogen-bond donors (Lipinski definition) is 3. The van der Waals surface area contributed by atoms with Gasteiger partial charge in [-0.05, 0) is 30.2 Å². The first-order chi connectivity index (χ1) is 12.9. The molecule has 1 fully saturated rings. The zero-order valence-corrected chi connectivity index (χ0v) is 15.6. The van der Waals surface area contributed by atoms with E-state index in [1.54, 1.807) is 25.3 Å². The third-order valence-electron chi connectivity index (χ3n) is 4.31. The summed E-state index contributed by atoms with van der Waals surface area (Å²) in [6, 6.07) is 14.0. The van der Waals surface area contributed by atoms with E-state index in [1.165, 1.54) is 4.90 Å². The van der Waals surface area contributed by atoms with E-state index in [2.05, 4.69) is 9.44 Å². The zero-order valence-electron chi connectivity index (χ0n) is 14.8. The summed E-state index contributed by atoms with van der Waals surface area (Å²) < 4.78 is 35.1. The van der Waals surface area contributed by atoms with Crippen LogP contribution in [0.1, 0.15) is 6.42 Å². The number of carbonyl (C=O) groups is 1. The highest BCUT2D eigenvalue weighted by atomic mass is 32.2. The molecule has 1 amide bonds. The van der Waals surface area contributed by atoms with Crippen molar-refractivity contribution >= 4 is 22.0 Å². The number of ether oxygens (including phenoxy) is 1. The van der Waals surface area contributed by atoms with Crippen LogP contribution in [0, 0.1) is 0 Å². The Labute approximate surface area is 157 Å². The molecule has 3 rings (SSSR count). The molecule has 8 nitrogen and oxygen atoms in total. The van der Waals surface area contributed by atoms with Crippen LogP contribution in [0.4, 0.5) is 10.5 Å². The van der Waals surface area contributed by atoms with E-state index in [9.17, 15) is 13.2 Å². The highest BCUT2D eigenvalue weighted by Gasteiger charge is 2.29. The number of likely N-dealkylation sites (tertiary alicyclic amines) is 1. The quantitative estimate of drug-likeness (QED) is 0.701. The molecule has 2 aromatic rings. The minimum atomic E-state index is -3.83. The van der Waals surface area contributed by atoms with Crippen LogP contribution >= 0.6 is 0 Å².